The number of nitrogens with zero attached hydrogens (tertiary/aromatic N) is 1. The molecular formula is C10H14N2O2. The Balaban J connectivity index is 1.88. The lowest BCUT2D eigenvalue weighted by molar-refractivity contribution is 0.240. The number of aromatic hydroxyl groups is 1. The van der Waals surface area contributed by atoms with Gasteiger partial charge in [-0.1, -0.05) is 0 Å². The summed E-state index contributed by atoms with van der Waals surface area (Å²) in [6, 6.07) is 3.26. The van der Waals surface area contributed by atoms with Gasteiger partial charge in [0.25, 0.3) is 5.88 Å². The van der Waals surface area contributed by atoms with Crippen molar-refractivity contribution < 1.29 is 9.84 Å². The van der Waals surface area contributed by atoms with Crippen molar-refractivity contribution >= 4 is 0 Å². The van der Waals surface area contributed by atoms with Crippen LogP contribution in [-0.2, 0) is 0 Å². The minimum atomic E-state index is 0.110. The second-order valence-corrected chi connectivity index (χ2v) is 3.50. The lowest BCUT2D eigenvalue weighted by Gasteiger charge is -2.10. The molecule has 0 saturated carbocycles. The van der Waals surface area contributed by atoms with E-state index in [1.807, 2.05) is 0 Å². The first-order chi connectivity index (χ1) is 6.86. The molecule has 4 nitrogen and oxygen atoms in total. The highest BCUT2D eigenvalue weighted by Crippen LogP contribution is 2.22. The zero-order chi connectivity index (χ0) is 9.80. The van der Waals surface area contributed by atoms with E-state index >= 15 is 0 Å². The summed E-state index contributed by atoms with van der Waals surface area (Å²) in [4.78, 5) is 3.95. The lowest BCUT2D eigenvalue weighted by atomic mass is 10.1. The van der Waals surface area contributed by atoms with Crippen LogP contribution < -0.4 is 10.1 Å². The van der Waals surface area contributed by atoms with Crippen molar-refractivity contribution in [3.8, 4) is 11.6 Å². The lowest BCUT2D eigenvalue weighted by Crippen LogP contribution is -2.15. The van der Waals surface area contributed by atoms with Crippen LogP contribution in [0.3, 0.4) is 0 Å². The minimum absolute atomic E-state index is 0.110. The van der Waals surface area contributed by atoms with Gasteiger partial charge in [0.05, 0.1) is 6.61 Å². The molecule has 76 valence electrons. The van der Waals surface area contributed by atoms with Crippen molar-refractivity contribution in [3.05, 3.63) is 18.3 Å². The van der Waals surface area contributed by atoms with Crippen LogP contribution in [0.1, 0.15) is 6.42 Å². The Morgan fingerprint density at radius 3 is 3.29 bits per heavy atom. The first-order valence-electron chi connectivity index (χ1n) is 4.84. The highest BCUT2D eigenvalue weighted by atomic mass is 16.5. The number of rotatable bonds is 3. The number of hydrogen-bond acceptors (Lipinski definition) is 4. The zero-order valence-electron chi connectivity index (χ0n) is 7.94. The molecule has 1 unspecified atom stereocenters. The molecule has 1 aromatic heterocycles. The van der Waals surface area contributed by atoms with Gasteiger partial charge in [-0.05, 0) is 25.1 Å². The Labute approximate surface area is 82.9 Å². The normalized spacial score (nSPS) is 21.0. The molecule has 0 aliphatic carbocycles. The predicted molar refractivity (Wildman–Crippen MR) is 52.4 cm³/mol. The van der Waals surface area contributed by atoms with Gasteiger partial charge >= 0.3 is 0 Å². The second-order valence-electron chi connectivity index (χ2n) is 3.50. The van der Waals surface area contributed by atoms with E-state index < -0.39 is 0 Å². The Morgan fingerprint density at radius 2 is 2.57 bits per heavy atom. The molecule has 1 saturated heterocycles. The molecule has 1 aromatic rings. The quantitative estimate of drug-likeness (QED) is 0.746. The van der Waals surface area contributed by atoms with Crippen LogP contribution in [0.25, 0.3) is 0 Å². The van der Waals surface area contributed by atoms with Crippen LogP contribution in [0.15, 0.2) is 18.3 Å². The monoisotopic (exact) mass is 194 g/mol. The summed E-state index contributed by atoms with van der Waals surface area (Å²) in [6.07, 6.45) is 2.75. The summed E-state index contributed by atoms with van der Waals surface area (Å²) in [6.45, 7) is 2.67. The van der Waals surface area contributed by atoms with Crippen molar-refractivity contribution in [1.29, 1.82) is 0 Å². The molecule has 1 atom stereocenters. The summed E-state index contributed by atoms with van der Waals surface area (Å²) in [5.74, 6) is 0.981. The maximum Gasteiger partial charge on any atom is 0.256 e. The third kappa shape index (κ3) is 2.14. The number of nitrogens with one attached hydrogen (secondary N) is 1. The van der Waals surface area contributed by atoms with E-state index in [-0.39, 0.29) is 5.75 Å². The van der Waals surface area contributed by atoms with E-state index in [4.69, 9.17) is 4.74 Å². The van der Waals surface area contributed by atoms with Gasteiger partial charge in [-0.2, -0.15) is 0 Å². The maximum absolute atomic E-state index is 9.38. The molecule has 0 aromatic carbocycles. The summed E-state index contributed by atoms with van der Waals surface area (Å²) < 4.78 is 5.42. The van der Waals surface area contributed by atoms with Crippen LogP contribution in [-0.4, -0.2) is 29.8 Å². The molecule has 14 heavy (non-hydrogen) atoms. The molecule has 1 fully saturated rings. The number of hydrogen-bond donors (Lipinski definition) is 2. The Morgan fingerprint density at radius 1 is 1.64 bits per heavy atom. The van der Waals surface area contributed by atoms with Crippen molar-refractivity contribution in [2.45, 2.75) is 6.42 Å². The van der Waals surface area contributed by atoms with Gasteiger partial charge in [0.1, 0.15) is 0 Å². The van der Waals surface area contributed by atoms with E-state index in [0.717, 1.165) is 19.5 Å². The highest BCUT2D eigenvalue weighted by molar-refractivity contribution is 5.30. The van der Waals surface area contributed by atoms with E-state index in [0.29, 0.717) is 18.4 Å². The smallest absolute Gasteiger partial charge is 0.256 e. The average Bonchev–Trinajstić information content (AvgIpc) is 2.69. The van der Waals surface area contributed by atoms with Gasteiger partial charge in [0.2, 0.25) is 0 Å². The van der Waals surface area contributed by atoms with Gasteiger partial charge in [-0.3, -0.25) is 0 Å². The summed E-state index contributed by atoms with van der Waals surface area (Å²) in [5, 5.41) is 12.6. The largest absolute Gasteiger partial charge is 0.503 e. The number of aromatic nitrogens is 1. The second kappa shape index (κ2) is 4.28. The van der Waals surface area contributed by atoms with Crippen LogP contribution in [0.5, 0.6) is 11.6 Å². The molecule has 0 amide bonds. The fourth-order valence-corrected chi connectivity index (χ4v) is 1.55. The molecule has 1 aliphatic rings. The Bertz CT molecular complexity index is 298. The van der Waals surface area contributed by atoms with Crippen LogP contribution in [0, 0.1) is 5.92 Å². The summed E-state index contributed by atoms with van der Waals surface area (Å²) in [7, 11) is 0. The van der Waals surface area contributed by atoms with Crippen LogP contribution >= 0.6 is 0 Å². The van der Waals surface area contributed by atoms with Gasteiger partial charge in [0, 0.05) is 18.7 Å². The molecular weight excluding hydrogens is 180 g/mol. The first-order valence-corrected chi connectivity index (χ1v) is 4.84. The Hall–Kier alpha value is -1.29. The molecule has 1 aliphatic heterocycles. The standard InChI is InChI=1S/C10H14N2O2/c13-9-2-1-4-12-10(9)14-7-8-3-5-11-6-8/h1-2,4,8,11,13H,3,5-7H2. The van der Waals surface area contributed by atoms with Crippen molar-refractivity contribution in [2.75, 3.05) is 19.7 Å². The SMILES string of the molecule is Oc1cccnc1OCC1CCNC1. The fraction of sp³-hybridized carbons (Fsp3) is 0.500. The predicted octanol–water partition coefficient (Wildman–Crippen LogP) is 0.775. The zero-order valence-corrected chi connectivity index (χ0v) is 7.94. The first kappa shape index (κ1) is 9.27. The molecule has 0 spiro atoms. The van der Waals surface area contributed by atoms with Crippen LogP contribution in [0.4, 0.5) is 0 Å². The van der Waals surface area contributed by atoms with E-state index in [1.54, 1.807) is 18.3 Å². The number of ether oxygens (including phenoxy) is 1. The third-order valence-electron chi connectivity index (χ3n) is 2.37. The van der Waals surface area contributed by atoms with Gasteiger partial charge in [-0.15, -0.1) is 0 Å². The highest BCUT2D eigenvalue weighted by Gasteiger charge is 2.15. The average molecular weight is 194 g/mol. The summed E-state index contributed by atoms with van der Waals surface area (Å²) >= 11 is 0. The van der Waals surface area contributed by atoms with E-state index in [1.165, 1.54) is 0 Å². The van der Waals surface area contributed by atoms with Crippen molar-refractivity contribution in [1.82, 2.24) is 10.3 Å². The van der Waals surface area contributed by atoms with E-state index in [9.17, 15) is 5.11 Å². The molecule has 4 heteroatoms. The molecule has 2 N–H and O–H groups in total. The van der Waals surface area contributed by atoms with Gasteiger partial charge < -0.3 is 15.2 Å². The molecule has 2 rings (SSSR count). The molecule has 0 bridgehead atoms. The fourth-order valence-electron chi connectivity index (χ4n) is 1.55. The number of pyridine rings is 1. The van der Waals surface area contributed by atoms with Crippen molar-refractivity contribution in [3.63, 3.8) is 0 Å². The minimum Gasteiger partial charge on any atom is -0.503 e. The molecule has 0 radical (unpaired) electrons. The van der Waals surface area contributed by atoms with Gasteiger partial charge in [0.15, 0.2) is 5.75 Å². The third-order valence-corrected chi connectivity index (χ3v) is 2.37. The van der Waals surface area contributed by atoms with Crippen LogP contribution in [0.2, 0.25) is 0 Å². The van der Waals surface area contributed by atoms with Gasteiger partial charge in [-0.25, -0.2) is 4.98 Å². The summed E-state index contributed by atoms with van der Waals surface area (Å²) in [5.41, 5.74) is 0. The maximum atomic E-state index is 9.38. The topological polar surface area (TPSA) is 54.4 Å². The molecule has 2 heterocycles. The van der Waals surface area contributed by atoms with Crippen molar-refractivity contribution in [2.24, 2.45) is 5.92 Å². The van der Waals surface area contributed by atoms with E-state index in [2.05, 4.69) is 10.3 Å². The Kier molecular flexibility index (Phi) is 2.84.